The van der Waals surface area contributed by atoms with E-state index in [0.29, 0.717) is 6.04 Å². The number of imidazole rings is 1. The van der Waals surface area contributed by atoms with E-state index < -0.39 is 0 Å². The van der Waals surface area contributed by atoms with E-state index in [9.17, 15) is 0 Å². The van der Waals surface area contributed by atoms with E-state index in [1.165, 1.54) is 11.1 Å². The molecule has 0 saturated carbocycles. The van der Waals surface area contributed by atoms with E-state index in [-0.39, 0.29) is 0 Å². The quantitative estimate of drug-likeness (QED) is 0.890. The van der Waals surface area contributed by atoms with Crippen LogP contribution in [0.5, 0.6) is 0 Å². The molecule has 19 heavy (non-hydrogen) atoms. The van der Waals surface area contributed by atoms with Crippen LogP contribution >= 0.6 is 0 Å². The standard InChI is InChI=1S/C15H22N4/c1-4-15-17-12-6-5-11(9-13(12)19(15)3)14-10-16-7-8-18(14)2/h5-6,9,14,16H,4,7-8,10H2,1-3H3. The Morgan fingerprint density at radius 3 is 2.95 bits per heavy atom. The molecule has 0 bridgehead atoms. The Labute approximate surface area is 114 Å². The third-order valence-electron chi connectivity index (χ3n) is 4.21. The lowest BCUT2D eigenvalue weighted by Gasteiger charge is -2.33. The Morgan fingerprint density at radius 1 is 1.37 bits per heavy atom. The van der Waals surface area contributed by atoms with Crippen LogP contribution in [0.25, 0.3) is 11.0 Å². The molecule has 102 valence electrons. The molecular formula is C15H22N4. The van der Waals surface area contributed by atoms with Crippen molar-refractivity contribution in [1.82, 2.24) is 19.8 Å². The number of nitrogens with one attached hydrogen (secondary N) is 1. The Bertz CT molecular complexity index is 587. The van der Waals surface area contributed by atoms with Crippen LogP contribution in [-0.2, 0) is 13.5 Å². The number of fused-ring (bicyclic) bond motifs is 1. The molecule has 1 aromatic heterocycles. The lowest BCUT2D eigenvalue weighted by molar-refractivity contribution is 0.202. The monoisotopic (exact) mass is 258 g/mol. The molecule has 2 aromatic rings. The number of benzene rings is 1. The summed E-state index contributed by atoms with van der Waals surface area (Å²) in [5.41, 5.74) is 3.73. The zero-order valence-corrected chi connectivity index (χ0v) is 12.0. The molecule has 1 aliphatic heterocycles. The lowest BCUT2D eigenvalue weighted by Crippen LogP contribution is -2.43. The van der Waals surface area contributed by atoms with Crippen LogP contribution in [0.15, 0.2) is 18.2 Å². The van der Waals surface area contributed by atoms with Gasteiger partial charge >= 0.3 is 0 Å². The molecule has 0 spiro atoms. The Morgan fingerprint density at radius 2 is 2.21 bits per heavy atom. The minimum absolute atomic E-state index is 0.470. The average Bonchev–Trinajstić information content (AvgIpc) is 2.76. The lowest BCUT2D eigenvalue weighted by atomic mass is 10.0. The highest BCUT2D eigenvalue weighted by atomic mass is 15.2. The summed E-state index contributed by atoms with van der Waals surface area (Å²) in [4.78, 5) is 7.10. The molecule has 2 heterocycles. The van der Waals surface area contributed by atoms with Crippen LogP contribution in [0, 0.1) is 0 Å². The average molecular weight is 258 g/mol. The second-order valence-electron chi connectivity index (χ2n) is 5.39. The van der Waals surface area contributed by atoms with Crippen molar-refractivity contribution in [3.05, 3.63) is 29.6 Å². The van der Waals surface area contributed by atoms with Crippen LogP contribution in [0.2, 0.25) is 0 Å². The van der Waals surface area contributed by atoms with Gasteiger partial charge in [0.1, 0.15) is 5.82 Å². The molecule has 1 aromatic carbocycles. The molecule has 0 amide bonds. The molecule has 1 unspecified atom stereocenters. The SMILES string of the molecule is CCc1nc2ccc(C3CNCCN3C)cc2n1C. The van der Waals surface area contributed by atoms with Crippen molar-refractivity contribution in [1.29, 1.82) is 0 Å². The summed E-state index contributed by atoms with van der Waals surface area (Å²) in [7, 11) is 4.32. The fraction of sp³-hybridized carbons (Fsp3) is 0.533. The maximum absolute atomic E-state index is 4.67. The maximum Gasteiger partial charge on any atom is 0.109 e. The first kappa shape index (κ1) is 12.6. The van der Waals surface area contributed by atoms with Crippen LogP contribution < -0.4 is 5.32 Å². The van der Waals surface area contributed by atoms with Crippen molar-refractivity contribution in [2.75, 3.05) is 26.7 Å². The van der Waals surface area contributed by atoms with Gasteiger partial charge in [-0.1, -0.05) is 13.0 Å². The van der Waals surface area contributed by atoms with Gasteiger partial charge in [0, 0.05) is 39.1 Å². The van der Waals surface area contributed by atoms with Gasteiger partial charge in [-0.3, -0.25) is 4.90 Å². The number of rotatable bonds is 2. The van der Waals surface area contributed by atoms with Gasteiger partial charge in [-0.2, -0.15) is 0 Å². The molecule has 1 saturated heterocycles. The summed E-state index contributed by atoms with van der Waals surface area (Å²) in [5.74, 6) is 1.15. The van der Waals surface area contributed by atoms with Gasteiger partial charge in [-0.15, -0.1) is 0 Å². The fourth-order valence-electron chi connectivity index (χ4n) is 2.96. The molecule has 1 atom stereocenters. The zero-order valence-electron chi connectivity index (χ0n) is 12.0. The molecule has 0 radical (unpaired) electrons. The van der Waals surface area contributed by atoms with Gasteiger partial charge in [0.25, 0.3) is 0 Å². The predicted octanol–water partition coefficient (Wildman–Crippen LogP) is 1.71. The Hall–Kier alpha value is -1.39. The van der Waals surface area contributed by atoms with Crippen LogP contribution in [0.4, 0.5) is 0 Å². The smallest absolute Gasteiger partial charge is 0.109 e. The van der Waals surface area contributed by atoms with E-state index in [1.54, 1.807) is 0 Å². The second kappa shape index (κ2) is 4.94. The molecule has 4 nitrogen and oxygen atoms in total. The van der Waals surface area contributed by atoms with Crippen LogP contribution in [0.3, 0.4) is 0 Å². The Kier molecular flexibility index (Phi) is 3.29. The minimum Gasteiger partial charge on any atom is -0.331 e. The first-order valence-electron chi connectivity index (χ1n) is 7.07. The Balaban J connectivity index is 2.03. The maximum atomic E-state index is 4.67. The molecule has 4 heteroatoms. The van der Waals surface area contributed by atoms with Crippen LogP contribution in [-0.4, -0.2) is 41.1 Å². The summed E-state index contributed by atoms with van der Waals surface area (Å²) >= 11 is 0. The van der Waals surface area contributed by atoms with Crippen molar-refractivity contribution < 1.29 is 0 Å². The number of hydrogen-bond donors (Lipinski definition) is 1. The predicted molar refractivity (Wildman–Crippen MR) is 78.3 cm³/mol. The van der Waals surface area contributed by atoms with Crippen molar-refractivity contribution in [3.8, 4) is 0 Å². The number of aromatic nitrogens is 2. The first-order valence-corrected chi connectivity index (χ1v) is 7.07. The summed E-state index contributed by atoms with van der Waals surface area (Å²) < 4.78 is 2.22. The van der Waals surface area contributed by atoms with Gasteiger partial charge in [-0.05, 0) is 24.7 Å². The summed E-state index contributed by atoms with van der Waals surface area (Å²) in [6.45, 7) is 5.37. The van der Waals surface area contributed by atoms with E-state index in [0.717, 1.165) is 37.4 Å². The minimum atomic E-state index is 0.470. The molecule has 1 fully saturated rings. The molecule has 1 N–H and O–H groups in total. The largest absolute Gasteiger partial charge is 0.331 e. The highest BCUT2D eigenvalue weighted by Gasteiger charge is 2.21. The summed E-state index contributed by atoms with van der Waals surface area (Å²) in [6, 6.07) is 7.16. The van der Waals surface area contributed by atoms with Crippen molar-refractivity contribution in [2.24, 2.45) is 7.05 Å². The van der Waals surface area contributed by atoms with Gasteiger partial charge < -0.3 is 9.88 Å². The normalized spacial score (nSPS) is 21.1. The first-order chi connectivity index (χ1) is 9.20. The second-order valence-corrected chi connectivity index (χ2v) is 5.39. The van der Waals surface area contributed by atoms with E-state index in [1.807, 2.05) is 0 Å². The highest BCUT2D eigenvalue weighted by molar-refractivity contribution is 5.77. The van der Waals surface area contributed by atoms with E-state index in [2.05, 4.69) is 59.0 Å². The number of likely N-dealkylation sites (N-methyl/N-ethyl adjacent to an activating group) is 1. The van der Waals surface area contributed by atoms with E-state index in [4.69, 9.17) is 0 Å². The molecule has 0 aliphatic carbocycles. The third-order valence-corrected chi connectivity index (χ3v) is 4.21. The van der Waals surface area contributed by atoms with Gasteiger partial charge in [-0.25, -0.2) is 4.98 Å². The topological polar surface area (TPSA) is 33.1 Å². The van der Waals surface area contributed by atoms with Gasteiger partial charge in [0.2, 0.25) is 0 Å². The summed E-state index contributed by atoms with van der Waals surface area (Å²) in [5, 5.41) is 3.48. The number of piperazine rings is 1. The summed E-state index contributed by atoms with van der Waals surface area (Å²) in [6.07, 6.45) is 0.978. The fourth-order valence-corrected chi connectivity index (χ4v) is 2.96. The zero-order chi connectivity index (χ0) is 13.4. The number of hydrogen-bond acceptors (Lipinski definition) is 3. The van der Waals surface area contributed by atoms with Gasteiger partial charge in [0.05, 0.1) is 11.0 Å². The van der Waals surface area contributed by atoms with Crippen LogP contribution in [0.1, 0.15) is 24.4 Å². The molecule has 1 aliphatic rings. The van der Waals surface area contributed by atoms with E-state index >= 15 is 0 Å². The highest BCUT2D eigenvalue weighted by Crippen LogP contribution is 2.25. The van der Waals surface area contributed by atoms with Gasteiger partial charge in [0.15, 0.2) is 0 Å². The number of nitrogens with zero attached hydrogens (tertiary/aromatic N) is 3. The number of aryl methyl sites for hydroxylation is 2. The van der Waals surface area contributed by atoms with Crippen molar-refractivity contribution >= 4 is 11.0 Å². The molecular weight excluding hydrogens is 236 g/mol. The third kappa shape index (κ3) is 2.15. The molecule has 3 rings (SSSR count). The van der Waals surface area contributed by atoms with Crippen molar-refractivity contribution in [3.63, 3.8) is 0 Å². The van der Waals surface area contributed by atoms with Crippen molar-refractivity contribution in [2.45, 2.75) is 19.4 Å².